The van der Waals surface area contributed by atoms with E-state index in [0.29, 0.717) is 0 Å². The second-order valence-electron chi connectivity index (χ2n) is 2.27. The lowest BCUT2D eigenvalue weighted by Crippen LogP contribution is -2.18. The van der Waals surface area contributed by atoms with Gasteiger partial charge < -0.3 is 25.6 Å². The molecule has 1 rings (SSSR count). The molecule has 8 nitrogen and oxygen atoms in total. The van der Waals surface area contributed by atoms with E-state index in [0.717, 1.165) is 0 Å². The number of hydrogen-bond donors (Lipinski definition) is 2. The Morgan fingerprint density at radius 1 is 1.92 bits per heavy atom. The lowest BCUT2D eigenvalue weighted by molar-refractivity contribution is -0.389. The van der Waals surface area contributed by atoms with Gasteiger partial charge in [0.2, 0.25) is 6.33 Å². The Balaban J connectivity index is 3.32. The monoisotopic (exact) mass is 185 g/mol. The highest BCUT2D eigenvalue weighted by atomic mass is 16.6. The number of aromatic nitrogens is 2. The first-order valence-electron chi connectivity index (χ1n) is 3.21. The van der Waals surface area contributed by atoms with Crippen molar-refractivity contribution in [2.24, 2.45) is 17.9 Å². The Labute approximate surface area is 72.4 Å². The minimum Gasteiger partial charge on any atom is -0.409 e. The summed E-state index contributed by atoms with van der Waals surface area (Å²) in [4.78, 5) is 13.2. The average Bonchev–Trinajstić information content (AvgIpc) is 2.46. The summed E-state index contributed by atoms with van der Waals surface area (Å²) in [6.45, 7) is 0. The van der Waals surface area contributed by atoms with Gasteiger partial charge in [-0.05, 0) is 9.91 Å². The third kappa shape index (κ3) is 1.41. The van der Waals surface area contributed by atoms with Gasteiger partial charge in [-0.15, -0.1) is 0 Å². The van der Waals surface area contributed by atoms with Gasteiger partial charge >= 0.3 is 5.82 Å². The van der Waals surface area contributed by atoms with Crippen molar-refractivity contribution in [2.75, 3.05) is 0 Å². The summed E-state index contributed by atoms with van der Waals surface area (Å²) in [6.07, 6.45) is 1.21. The molecule has 0 atom stereocenters. The van der Waals surface area contributed by atoms with Gasteiger partial charge in [-0.2, -0.15) is 0 Å². The van der Waals surface area contributed by atoms with Gasteiger partial charge in [-0.3, -0.25) is 0 Å². The van der Waals surface area contributed by atoms with Crippen LogP contribution in [0.2, 0.25) is 0 Å². The highest BCUT2D eigenvalue weighted by Gasteiger charge is 2.23. The molecule has 1 aromatic heterocycles. The summed E-state index contributed by atoms with van der Waals surface area (Å²) < 4.78 is 1.30. The number of amidine groups is 1. The van der Waals surface area contributed by atoms with Crippen molar-refractivity contribution >= 4 is 11.7 Å². The number of hydrogen-bond acceptors (Lipinski definition) is 5. The maximum atomic E-state index is 10.4. The smallest absolute Gasteiger partial charge is 0.393 e. The van der Waals surface area contributed by atoms with E-state index in [-0.39, 0.29) is 11.5 Å². The first kappa shape index (κ1) is 8.97. The molecular weight excluding hydrogens is 178 g/mol. The molecule has 1 aromatic rings. The highest BCUT2D eigenvalue weighted by Crippen LogP contribution is 2.13. The van der Waals surface area contributed by atoms with Gasteiger partial charge in [0.15, 0.2) is 11.5 Å². The van der Waals surface area contributed by atoms with E-state index in [1.54, 1.807) is 0 Å². The lowest BCUT2D eigenvalue weighted by Gasteiger charge is -1.97. The maximum Gasteiger partial charge on any atom is 0.393 e. The van der Waals surface area contributed by atoms with Crippen LogP contribution in [0.4, 0.5) is 5.82 Å². The SMILES string of the molecule is Cn1cnc([N+](=O)[O-])c1/C(N)=N\O. The van der Waals surface area contributed by atoms with E-state index in [4.69, 9.17) is 10.9 Å². The molecular formula is C5H7N5O3. The zero-order valence-corrected chi connectivity index (χ0v) is 6.71. The summed E-state index contributed by atoms with van der Waals surface area (Å²) in [5.74, 6) is -0.774. The Hall–Kier alpha value is -2.12. The largest absolute Gasteiger partial charge is 0.409 e. The van der Waals surface area contributed by atoms with E-state index >= 15 is 0 Å². The maximum absolute atomic E-state index is 10.4. The number of aryl methyl sites for hydroxylation is 1. The number of rotatable bonds is 2. The van der Waals surface area contributed by atoms with Crippen molar-refractivity contribution in [1.82, 2.24) is 9.55 Å². The number of nitrogens with two attached hydrogens (primary N) is 1. The first-order chi connectivity index (χ1) is 6.07. The van der Waals surface area contributed by atoms with Gasteiger partial charge in [-0.1, -0.05) is 5.16 Å². The van der Waals surface area contributed by atoms with Crippen LogP contribution in [0.1, 0.15) is 5.69 Å². The standard InChI is InChI=1S/C5H7N5O3/c1-9-2-7-5(10(12)13)3(9)4(6)8-11/h2,11H,1H3,(H2,6,8). The predicted molar refractivity (Wildman–Crippen MR) is 42.4 cm³/mol. The van der Waals surface area contributed by atoms with Gasteiger partial charge in [0.1, 0.15) is 0 Å². The first-order valence-corrected chi connectivity index (χ1v) is 3.21. The average molecular weight is 185 g/mol. The van der Waals surface area contributed by atoms with Gasteiger partial charge in [0, 0.05) is 7.05 Å². The van der Waals surface area contributed by atoms with Gasteiger partial charge in [0.25, 0.3) is 0 Å². The predicted octanol–water partition coefficient (Wildman–Crippen LogP) is -0.577. The molecule has 0 amide bonds. The molecule has 0 saturated carbocycles. The molecule has 0 unspecified atom stereocenters. The number of oxime groups is 1. The Bertz CT molecular complexity index is 368. The summed E-state index contributed by atoms with van der Waals surface area (Å²) in [6, 6.07) is 0. The van der Waals surface area contributed by atoms with E-state index in [9.17, 15) is 10.1 Å². The fraction of sp³-hybridized carbons (Fsp3) is 0.200. The minimum absolute atomic E-state index is 0.0208. The molecule has 0 radical (unpaired) electrons. The zero-order valence-electron chi connectivity index (χ0n) is 6.71. The Morgan fingerprint density at radius 3 is 3.00 bits per heavy atom. The molecule has 0 aliphatic carbocycles. The Morgan fingerprint density at radius 2 is 2.54 bits per heavy atom. The quantitative estimate of drug-likeness (QED) is 0.210. The van der Waals surface area contributed by atoms with Gasteiger partial charge in [-0.25, -0.2) is 0 Å². The second kappa shape index (κ2) is 3.09. The number of nitrogens with zero attached hydrogens (tertiary/aromatic N) is 4. The van der Waals surface area contributed by atoms with Crippen molar-refractivity contribution in [3.8, 4) is 0 Å². The van der Waals surface area contributed by atoms with Crippen molar-refractivity contribution in [2.45, 2.75) is 0 Å². The number of nitro groups is 1. The molecule has 0 fully saturated rings. The molecule has 70 valence electrons. The van der Waals surface area contributed by atoms with Crippen LogP contribution in [0.3, 0.4) is 0 Å². The van der Waals surface area contributed by atoms with Crippen molar-refractivity contribution in [1.29, 1.82) is 0 Å². The van der Waals surface area contributed by atoms with Crippen LogP contribution >= 0.6 is 0 Å². The Kier molecular flexibility index (Phi) is 2.13. The topological polar surface area (TPSA) is 120 Å². The molecule has 0 spiro atoms. The molecule has 0 saturated heterocycles. The summed E-state index contributed by atoms with van der Waals surface area (Å²) in [7, 11) is 1.51. The lowest BCUT2D eigenvalue weighted by atomic mass is 10.4. The van der Waals surface area contributed by atoms with E-state index in [1.165, 1.54) is 17.9 Å². The summed E-state index contributed by atoms with van der Waals surface area (Å²) >= 11 is 0. The van der Waals surface area contributed by atoms with Crippen LogP contribution in [0.5, 0.6) is 0 Å². The van der Waals surface area contributed by atoms with E-state index < -0.39 is 10.7 Å². The normalized spacial score (nSPS) is 11.6. The van der Waals surface area contributed by atoms with Crippen molar-refractivity contribution in [3.63, 3.8) is 0 Å². The summed E-state index contributed by atoms with van der Waals surface area (Å²) in [5.41, 5.74) is 5.19. The molecule has 0 aliphatic rings. The molecule has 0 bridgehead atoms. The molecule has 1 heterocycles. The van der Waals surface area contributed by atoms with Crippen LogP contribution in [0, 0.1) is 10.1 Å². The highest BCUT2D eigenvalue weighted by molar-refractivity contribution is 5.98. The molecule has 0 aliphatic heterocycles. The number of imidazole rings is 1. The third-order valence-corrected chi connectivity index (χ3v) is 1.44. The molecule has 0 aromatic carbocycles. The minimum atomic E-state index is -0.701. The van der Waals surface area contributed by atoms with Crippen LogP contribution in [0.15, 0.2) is 11.5 Å². The fourth-order valence-corrected chi connectivity index (χ4v) is 0.894. The van der Waals surface area contributed by atoms with E-state index in [2.05, 4.69) is 10.1 Å². The van der Waals surface area contributed by atoms with E-state index in [1.807, 2.05) is 0 Å². The van der Waals surface area contributed by atoms with Crippen molar-refractivity contribution in [3.05, 3.63) is 22.1 Å². The summed E-state index contributed by atoms with van der Waals surface area (Å²) in [5, 5.41) is 21.4. The molecule has 3 N–H and O–H groups in total. The van der Waals surface area contributed by atoms with Crippen LogP contribution < -0.4 is 5.73 Å². The molecule has 13 heavy (non-hydrogen) atoms. The second-order valence-corrected chi connectivity index (χ2v) is 2.27. The van der Waals surface area contributed by atoms with Crippen LogP contribution in [-0.2, 0) is 7.05 Å². The van der Waals surface area contributed by atoms with Crippen molar-refractivity contribution < 1.29 is 10.1 Å². The zero-order chi connectivity index (χ0) is 10.0. The van der Waals surface area contributed by atoms with Crippen LogP contribution in [0.25, 0.3) is 0 Å². The fourth-order valence-electron chi connectivity index (χ4n) is 0.894. The van der Waals surface area contributed by atoms with Gasteiger partial charge in [0.05, 0.1) is 0 Å². The third-order valence-electron chi connectivity index (χ3n) is 1.44. The molecule has 8 heteroatoms. The van der Waals surface area contributed by atoms with Crippen LogP contribution in [-0.4, -0.2) is 25.5 Å².